The number of nitrogens with zero attached hydrogens (tertiary/aromatic N) is 3. The van der Waals surface area contributed by atoms with Crippen molar-refractivity contribution in [3.63, 3.8) is 0 Å². The lowest BCUT2D eigenvalue weighted by atomic mass is 10.1. The molecule has 0 aliphatic carbocycles. The smallest absolute Gasteiger partial charge is 0.137 e. The normalized spacial score (nSPS) is 11.2. The van der Waals surface area contributed by atoms with Gasteiger partial charge in [-0.2, -0.15) is 0 Å². The molecular weight excluding hydrogens is 346 g/mol. The molecule has 0 saturated carbocycles. The van der Waals surface area contributed by atoms with Crippen LogP contribution in [0.4, 0.5) is 0 Å². The van der Waals surface area contributed by atoms with E-state index in [0.717, 1.165) is 33.8 Å². The fourth-order valence-electron chi connectivity index (χ4n) is 2.93. The number of ether oxygens (including phenoxy) is 1. The summed E-state index contributed by atoms with van der Waals surface area (Å²) in [6.07, 6.45) is 5.75. The molecule has 0 atom stereocenters. The number of rotatable bonds is 4. The summed E-state index contributed by atoms with van der Waals surface area (Å²) in [5, 5.41) is 0.470. The molecule has 0 N–H and O–H groups in total. The monoisotopic (exact) mass is 363 g/mol. The van der Waals surface area contributed by atoms with Gasteiger partial charge in [0.25, 0.3) is 0 Å². The van der Waals surface area contributed by atoms with E-state index in [2.05, 4.69) is 34.2 Å². The van der Waals surface area contributed by atoms with Crippen LogP contribution in [0.1, 0.15) is 13.8 Å². The zero-order chi connectivity index (χ0) is 18.1. The van der Waals surface area contributed by atoms with Crippen molar-refractivity contribution < 1.29 is 4.74 Å². The lowest BCUT2D eigenvalue weighted by Crippen LogP contribution is -2.05. The van der Waals surface area contributed by atoms with Crippen LogP contribution in [-0.4, -0.2) is 20.5 Å². The zero-order valence-corrected chi connectivity index (χ0v) is 15.3. The second-order valence-corrected chi connectivity index (χ2v) is 6.73. The third kappa shape index (κ3) is 3.28. The Kier molecular flexibility index (Phi) is 4.35. The zero-order valence-electron chi connectivity index (χ0n) is 14.6. The molecule has 0 radical (unpaired) electrons. The average Bonchev–Trinajstić information content (AvgIpc) is 3.05. The van der Waals surface area contributed by atoms with Crippen molar-refractivity contribution >= 4 is 17.2 Å². The first-order chi connectivity index (χ1) is 12.6. The molecule has 3 aromatic heterocycles. The summed E-state index contributed by atoms with van der Waals surface area (Å²) in [5.41, 5.74) is 5.09. The molecule has 1 aromatic carbocycles. The van der Waals surface area contributed by atoms with E-state index in [1.165, 1.54) is 0 Å². The second-order valence-electron chi connectivity index (χ2n) is 6.35. The number of imidazole rings is 1. The van der Waals surface area contributed by atoms with Crippen molar-refractivity contribution in [2.24, 2.45) is 0 Å². The maximum Gasteiger partial charge on any atom is 0.137 e. The highest BCUT2D eigenvalue weighted by molar-refractivity contribution is 6.29. The number of halogens is 1. The lowest BCUT2D eigenvalue weighted by molar-refractivity contribution is 0.242. The number of hydrogen-bond acceptors (Lipinski definition) is 3. The Hall–Kier alpha value is -2.85. The molecule has 0 aliphatic rings. The molecule has 0 amide bonds. The van der Waals surface area contributed by atoms with Gasteiger partial charge in [-0.1, -0.05) is 23.7 Å². The molecule has 4 nitrogen and oxygen atoms in total. The van der Waals surface area contributed by atoms with Crippen molar-refractivity contribution in [2.75, 3.05) is 0 Å². The van der Waals surface area contributed by atoms with E-state index in [4.69, 9.17) is 16.3 Å². The van der Waals surface area contributed by atoms with Crippen LogP contribution in [-0.2, 0) is 0 Å². The van der Waals surface area contributed by atoms with Gasteiger partial charge in [-0.25, -0.2) is 9.97 Å². The van der Waals surface area contributed by atoms with E-state index in [1.807, 2.05) is 54.9 Å². The molecule has 0 unspecified atom stereocenters. The third-order valence-corrected chi connectivity index (χ3v) is 4.30. The van der Waals surface area contributed by atoms with Gasteiger partial charge in [0.1, 0.15) is 16.5 Å². The summed E-state index contributed by atoms with van der Waals surface area (Å²) in [6, 6.07) is 16.0. The van der Waals surface area contributed by atoms with Gasteiger partial charge in [-0.05, 0) is 61.4 Å². The molecule has 4 aromatic rings. The van der Waals surface area contributed by atoms with Crippen molar-refractivity contribution in [2.45, 2.75) is 20.0 Å². The van der Waals surface area contributed by atoms with Crippen LogP contribution < -0.4 is 4.74 Å². The van der Waals surface area contributed by atoms with E-state index in [9.17, 15) is 0 Å². The molecule has 130 valence electrons. The Bertz CT molecular complexity index is 1050. The summed E-state index contributed by atoms with van der Waals surface area (Å²) in [7, 11) is 0. The molecule has 0 spiro atoms. The van der Waals surface area contributed by atoms with Crippen LogP contribution in [0.2, 0.25) is 5.15 Å². The van der Waals surface area contributed by atoms with Crippen LogP contribution in [0.5, 0.6) is 5.75 Å². The Labute approximate surface area is 157 Å². The first-order valence-corrected chi connectivity index (χ1v) is 8.84. The molecule has 0 bridgehead atoms. The first-order valence-electron chi connectivity index (χ1n) is 8.46. The minimum atomic E-state index is 0.169. The number of benzene rings is 1. The maximum atomic E-state index is 6.01. The molecule has 0 fully saturated rings. The summed E-state index contributed by atoms with van der Waals surface area (Å²) < 4.78 is 7.75. The summed E-state index contributed by atoms with van der Waals surface area (Å²) >= 11 is 6.01. The van der Waals surface area contributed by atoms with Gasteiger partial charge in [-0.3, -0.25) is 4.40 Å². The molecular formula is C21H18ClN3O. The van der Waals surface area contributed by atoms with Crippen LogP contribution >= 0.6 is 11.6 Å². The highest BCUT2D eigenvalue weighted by atomic mass is 35.5. The first kappa shape index (κ1) is 16.6. The SMILES string of the molecule is CC(C)Oc1ccc(-c2ccn3c(-c4ccnc(Cl)c4)cnc3c2)cc1. The minimum Gasteiger partial charge on any atom is -0.491 e. The number of hydrogen-bond donors (Lipinski definition) is 0. The number of pyridine rings is 2. The maximum absolute atomic E-state index is 6.01. The quantitative estimate of drug-likeness (QED) is 0.449. The van der Waals surface area contributed by atoms with Crippen molar-refractivity contribution in [3.05, 3.63) is 72.3 Å². The predicted octanol–water partition coefficient (Wildman–Crippen LogP) is 5.50. The molecule has 4 rings (SSSR count). The van der Waals surface area contributed by atoms with Crippen LogP contribution in [0.25, 0.3) is 28.0 Å². The Morgan fingerprint density at radius 3 is 2.46 bits per heavy atom. The molecule has 3 heterocycles. The molecule has 0 aliphatic heterocycles. The van der Waals surface area contributed by atoms with Crippen molar-refractivity contribution in [1.82, 2.24) is 14.4 Å². The van der Waals surface area contributed by atoms with Gasteiger partial charge in [0, 0.05) is 18.0 Å². The van der Waals surface area contributed by atoms with Gasteiger partial charge in [0.2, 0.25) is 0 Å². The fourth-order valence-corrected chi connectivity index (χ4v) is 3.11. The highest BCUT2D eigenvalue weighted by Crippen LogP contribution is 2.27. The van der Waals surface area contributed by atoms with Gasteiger partial charge < -0.3 is 4.74 Å². The Morgan fingerprint density at radius 1 is 0.923 bits per heavy atom. The highest BCUT2D eigenvalue weighted by Gasteiger charge is 2.08. The Morgan fingerprint density at radius 2 is 1.73 bits per heavy atom. The predicted molar refractivity (Wildman–Crippen MR) is 105 cm³/mol. The van der Waals surface area contributed by atoms with Gasteiger partial charge in [0.15, 0.2) is 0 Å². The van der Waals surface area contributed by atoms with Crippen LogP contribution in [0.15, 0.2) is 67.1 Å². The van der Waals surface area contributed by atoms with E-state index >= 15 is 0 Å². The standard InChI is InChI=1S/C21H18ClN3O/c1-14(2)26-18-5-3-15(4-6-18)16-8-10-25-19(13-24-21(25)12-16)17-7-9-23-20(22)11-17/h3-14H,1-2H3. The van der Waals surface area contributed by atoms with E-state index in [-0.39, 0.29) is 6.10 Å². The van der Waals surface area contributed by atoms with Crippen LogP contribution in [0, 0.1) is 0 Å². The van der Waals surface area contributed by atoms with E-state index in [0.29, 0.717) is 5.15 Å². The number of aromatic nitrogens is 3. The lowest BCUT2D eigenvalue weighted by Gasteiger charge is -2.10. The van der Waals surface area contributed by atoms with Gasteiger partial charge >= 0.3 is 0 Å². The summed E-state index contributed by atoms with van der Waals surface area (Å²) in [5.74, 6) is 0.877. The van der Waals surface area contributed by atoms with Gasteiger partial charge in [-0.15, -0.1) is 0 Å². The fraction of sp³-hybridized carbons (Fsp3) is 0.143. The molecule has 5 heteroatoms. The summed E-state index contributed by atoms with van der Waals surface area (Å²) in [6.45, 7) is 4.04. The van der Waals surface area contributed by atoms with Crippen molar-refractivity contribution in [1.29, 1.82) is 0 Å². The Balaban J connectivity index is 1.69. The van der Waals surface area contributed by atoms with E-state index < -0.39 is 0 Å². The van der Waals surface area contributed by atoms with Crippen LogP contribution in [0.3, 0.4) is 0 Å². The largest absolute Gasteiger partial charge is 0.491 e. The third-order valence-electron chi connectivity index (χ3n) is 4.09. The average molecular weight is 364 g/mol. The van der Waals surface area contributed by atoms with E-state index in [1.54, 1.807) is 6.20 Å². The minimum absolute atomic E-state index is 0.169. The summed E-state index contributed by atoms with van der Waals surface area (Å²) in [4.78, 5) is 8.58. The molecule has 0 saturated heterocycles. The van der Waals surface area contributed by atoms with Gasteiger partial charge in [0.05, 0.1) is 18.0 Å². The molecule has 26 heavy (non-hydrogen) atoms. The number of fused-ring (bicyclic) bond motifs is 1. The second kappa shape index (κ2) is 6.81. The van der Waals surface area contributed by atoms with Crippen molar-refractivity contribution in [3.8, 4) is 28.1 Å². The topological polar surface area (TPSA) is 39.4 Å².